The number of aliphatic imine (C=N–C) groups is 1. The average Bonchev–Trinajstić information content (AvgIpc) is 3.31. The van der Waals surface area contributed by atoms with Crippen LogP contribution in [0.15, 0.2) is 4.99 Å². The van der Waals surface area contributed by atoms with Gasteiger partial charge in [0.2, 0.25) is 0 Å². The molecule has 0 spiro atoms. The summed E-state index contributed by atoms with van der Waals surface area (Å²) in [5.74, 6) is 1.02. The molecule has 0 amide bonds. The van der Waals surface area contributed by atoms with Crippen molar-refractivity contribution in [1.29, 1.82) is 0 Å². The monoisotopic (exact) mass is 278 g/mol. The van der Waals surface area contributed by atoms with Gasteiger partial charge in [0.1, 0.15) is 0 Å². The van der Waals surface area contributed by atoms with Gasteiger partial charge in [0.15, 0.2) is 5.96 Å². The molecule has 0 aromatic heterocycles. The summed E-state index contributed by atoms with van der Waals surface area (Å²) in [6.07, 6.45) is 6.74. The van der Waals surface area contributed by atoms with Crippen molar-refractivity contribution in [1.82, 2.24) is 15.5 Å². The van der Waals surface area contributed by atoms with E-state index in [-0.39, 0.29) is 0 Å². The minimum atomic E-state index is 0.491. The van der Waals surface area contributed by atoms with E-state index in [2.05, 4.69) is 36.3 Å². The van der Waals surface area contributed by atoms with Gasteiger partial charge in [-0.15, -0.1) is 0 Å². The minimum absolute atomic E-state index is 0.491. The Morgan fingerprint density at radius 2 is 2.10 bits per heavy atom. The van der Waals surface area contributed by atoms with E-state index in [0.29, 0.717) is 11.5 Å². The van der Waals surface area contributed by atoms with Gasteiger partial charge >= 0.3 is 0 Å². The van der Waals surface area contributed by atoms with E-state index in [0.717, 1.165) is 31.1 Å². The Balaban J connectivity index is 1.53. The van der Waals surface area contributed by atoms with E-state index in [1.54, 1.807) is 0 Å². The van der Waals surface area contributed by atoms with Gasteiger partial charge < -0.3 is 10.6 Å². The lowest BCUT2D eigenvalue weighted by Crippen LogP contribution is -2.45. The Bertz CT molecular complexity index is 371. The molecule has 1 heterocycles. The van der Waals surface area contributed by atoms with Crippen LogP contribution in [0.4, 0.5) is 0 Å². The molecule has 0 aromatic rings. The zero-order chi connectivity index (χ0) is 14.2. The molecule has 114 valence electrons. The number of hydrogen-bond donors (Lipinski definition) is 2. The molecular weight excluding hydrogens is 248 g/mol. The Hall–Kier alpha value is -0.770. The molecule has 0 radical (unpaired) electrons. The highest BCUT2D eigenvalue weighted by Crippen LogP contribution is 2.45. The van der Waals surface area contributed by atoms with Gasteiger partial charge in [0.25, 0.3) is 0 Å². The van der Waals surface area contributed by atoms with E-state index in [1.165, 1.54) is 38.6 Å². The van der Waals surface area contributed by atoms with Crippen molar-refractivity contribution in [3.05, 3.63) is 0 Å². The zero-order valence-corrected chi connectivity index (χ0v) is 13.3. The Labute approximate surface area is 123 Å². The summed E-state index contributed by atoms with van der Waals surface area (Å²) in [4.78, 5) is 7.48. The molecule has 2 saturated carbocycles. The lowest BCUT2D eigenvalue weighted by atomic mass is 10.1. The first kappa shape index (κ1) is 14.2. The van der Waals surface area contributed by atoms with Crippen LogP contribution in [0.3, 0.4) is 0 Å². The fraction of sp³-hybridized carbons (Fsp3) is 0.938. The molecule has 0 bridgehead atoms. The van der Waals surface area contributed by atoms with Crippen molar-refractivity contribution in [2.24, 2.45) is 10.4 Å². The maximum atomic E-state index is 4.80. The molecule has 2 aliphatic carbocycles. The quantitative estimate of drug-likeness (QED) is 0.596. The number of likely N-dealkylation sites (tertiary alicyclic amines) is 1. The molecule has 3 fully saturated rings. The predicted octanol–water partition coefficient (Wildman–Crippen LogP) is 1.97. The highest BCUT2D eigenvalue weighted by molar-refractivity contribution is 5.80. The van der Waals surface area contributed by atoms with Gasteiger partial charge in [-0.3, -0.25) is 9.89 Å². The summed E-state index contributed by atoms with van der Waals surface area (Å²) < 4.78 is 0. The first-order chi connectivity index (χ1) is 9.59. The molecule has 0 aromatic carbocycles. The van der Waals surface area contributed by atoms with Crippen LogP contribution in [0.5, 0.6) is 0 Å². The maximum absolute atomic E-state index is 4.80. The second kappa shape index (κ2) is 5.55. The summed E-state index contributed by atoms with van der Waals surface area (Å²) in [6.45, 7) is 9.95. The van der Waals surface area contributed by atoms with Gasteiger partial charge in [-0.2, -0.15) is 0 Å². The smallest absolute Gasteiger partial charge is 0.191 e. The van der Waals surface area contributed by atoms with Crippen molar-refractivity contribution >= 4 is 5.96 Å². The van der Waals surface area contributed by atoms with Crippen LogP contribution in [-0.4, -0.2) is 48.6 Å². The predicted molar refractivity (Wildman–Crippen MR) is 84.1 cm³/mol. The third kappa shape index (κ3) is 3.46. The van der Waals surface area contributed by atoms with Crippen LogP contribution in [-0.2, 0) is 0 Å². The van der Waals surface area contributed by atoms with Crippen LogP contribution in [0.1, 0.15) is 52.9 Å². The molecule has 2 atom stereocenters. The molecular formula is C16H30N4. The molecule has 2 unspecified atom stereocenters. The number of hydrogen-bond acceptors (Lipinski definition) is 2. The van der Waals surface area contributed by atoms with Crippen molar-refractivity contribution in [3.63, 3.8) is 0 Å². The van der Waals surface area contributed by atoms with Gasteiger partial charge in [-0.25, -0.2) is 0 Å². The molecule has 1 aliphatic heterocycles. The van der Waals surface area contributed by atoms with Gasteiger partial charge in [0, 0.05) is 37.8 Å². The molecule has 4 nitrogen and oxygen atoms in total. The third-order valence-electron chi connectivity index (χ3n) is 5.05. The summed E-state index contributed by atoms with van der Waals surface area (Å²) in [7, 11) is 0. The molecule has 3 aliphatic rings. The minimum Gasteiger partial charge on any atom is -0.357 e. The summed E-state index contributed by atoms with van der Waals surface area (Å²) in [5.41, 5.74) is 0.491. The lowest BCUT2D eigenvalue weighted by Gasteiger charge is -2.20. The molecule has 3 rings (SSSR count). The topological polar surface area (TPSA) is 39.7 Å². The van der Waals surface area contributed by atoms with Crippen LogP contribution in [0, 0.1) is 5.41 Å². The summed E-state index contributed by atoms with van der Waals surface area (Å²) in [6, 6.07) is 2.17. The van der Waals surface area contributed by atoms with Gasteiger partial charge in [-0.05, 0) is 51.4 Å². The first-order valence-electron chi connectivity index (χ1n) is 8.40. The number of rotatable bonds is 5. The summed E-state index contributed by atoms with van der Waals surface area (Å²) in [5, 5.41) is 7.06. The van der Waals surface area contributed by atoms with Crippen molar-refractivity contribution in [2.75, 3.05) is 19.6 Å². The largest absolute Gasteiger partial charge is 0.357 e. The highest BCUT2D eigenvalue weighted by atomic mass is 15.3. The summed E-state index contributed by atoms with van der Waals surface area (Å²) >= 11 is 0. The second-order valence-electron chi connectivity index (χ2n) is 7.36. The normalized spacial score (nSPS) is 33.2. The van der Waals surface area contributed by atoms with E-state index in [4.69, 9.17) is 4.99 Å². The van der Waals surface area contributed by atoms with Crippen molar-refractivity contribution < 1.29 is 0 Å². The van der Waals surface area contributed by atoms with Crippen molar-refractivity contribution in [3.8, 4) is 0 Å². The first-order valence-corrected chi connectivity index (χ1v) is 8.40. The van der Waals surface area contributed by atoms with Crippen molar-refractivity contribution in [2.45, 2.75) is 71.0 Å². The standard InChI is InChI=1S/C16H30N4/c1-4-17-15(18-11-16(3)7-8-16)19-13-9-12(2)20(10-13)14-5-6-14/h12-14H,4-11H2,1-3H3,(H2,17,18,19). The van der Waals surface area contributed by atoms with E-state index in [1.807, 2.05) is 0 Å². The second-order valence-corrected chi connectivity index (χ2v) is 7.36. The zero-order valence-electron chi connectivity index (χ0n) is 13.3. The highest BCUT2D eigenvalue weighted by Gasteiger charge is 2.39. The van der Waals surface area contributed by atoms with Crippen LogP contribution in [0.2, 0.25) is 0 Å². The van der Waals surface area contributed by atoms with Crippen LogP contribution < -0.4 is 10.6 Å². The molecule has 1 saturated heterocycles. The van der Waals surface area contributed by atoms with Gasteiger partial charge in [-0.1, -0.05) is 6.92 Å². The fourth-order valence-electron chi connectivity index (χ4n) is 3.23. The number of guanidine groups is 1. The number of nitrogens with zero attached hydrogens (tertiary/aromatic N) is 2. The molecule has 20 heavy (non-hydrogen) atoms. The van der Waals surface area contributed by atoms with Crippen LogP contribution >= 0.6 is 0 Å². The van der Waals surface area contributed by atoms with E-state index < -0.39 is 0 Å². The maximum Gasteiger partial charge on any atom is 0.191 e. The van der Waals surface area contributed by atoms with E-state index in [9.17, 15) is 0 Å². The SMILES string of the molecule is CCNC(=NCC1(C)CC1)NC1CC(C)N(C2CC2)C1. The Morgan fingerprint density at radius 1 is 1.35 bits per heavy atom. The van der Waals surface area contributed by atoms with Crippen LogP contribution in [0.25, 0.3) is 0 Å². The third-order valence-corrected chi connectivity index (χ3v) is 5.05. The fourth-order valence-corrected chi connectivity index (χ4v) is 3.23. The molecule has 2 N–H and O–H groups in total. The molecule has 4 heteroatoms. The van der Waals surface area contributed by atoms with Gasteiger partial charge in [0.05, 0.1) is 0 Å². The lowest BCUT2D eigenvalue weighted by molar-refractivity contribution is 0.256. The van der Waals surface area contributed by atoms with E-state index >= 15 is 0 Å². The Kier molecular flexibility index (Phi) is 3.93. The average molecular weight is 278 g/mol. The Morgan fingerprint density at radius 3 is 2.70 bits per heavy atom. The number of nitrogens with one attached hydrogen (secondary N) is 2.